The van der Waals surface area contributed by atoms with Crippen molar-refractivity contribution in [3.63, 3.8) is 0 Å². The summed E-state index contributed by atoms with van der Waals surface area (Å²) in [6, 6.07) is 14.4. The molecule has 0 aliphatic heterocycles. The highest BCUT2D eigenvalue weighted by Crippen LogP contribution is 2.36. The molecule has 0 bridgehead atoms. The second-order valence-electron chi connectivity index (χ2n) is 5.91. The number of aliphatic hydroxyl groups excluding tert-OH is 1. The summed E-state index contributed by atoms with van der Waals surface area (Å²) < 4.78 is 10.4. The van der Waals surface area contributed by atoms with Crippen molar-refractivity contribution >= 4 is 17.0 Å². The SMILES string of the molecule is COc1cc(CC(O)c2ccc(-c3cccs3)cc2)c([N+](=O)[O-])cc1OC. The average molecular weight is 385 g/mol. The van der Waals surface area contributed by atoms with Crippen LogP contribution in [0.3, 0.4) is 0 Å². The van der Waals surface area contributed by atoms with Crippen LogP contribution in [0.4, 0.5) is 5.69 Å². The number of methoxy groups -OCH3 is 2. The van der Waals surface area contributed by atoms with Gasteiger partial charge in [-0.2, -0.15) is 0 Å². The normalized spacial score (nSPS) is 11.8. The predicted molar refractivity (Wildman–Crippen MR) is 105 cm³/mol. The first kappa shape index (κ1) is 18.9. The lowest BCUT2D eigenvalue weighted by Crippen LogP contribution is -2.05. The maximum Gasteiger partial charge on any atom is 0.276 e. The lowest BCUT2D eigenvalue weighted by Gasteiger charge is -2.14. The molecule has 7 heteroatoms. The molecule has 0 aliphatic rings. The minimum absolute atomic E-state index is 0.0923. The van der Waals surface area contributed by atoms with Crippen molar-refractivity contribution in [1.82, 2.24) is 0 Å². The highest BCUT2D eigenvalue weighted by molar-refractivity contribution is 7.13. The number of aliphatic hydroxyl groups is 1. The Morgan fingerprint density at radius 1 is 1.11 bits per heavy atom. The van der Waals surface area contributed by atoms with Crippen LogP contribution in [0.15, 0.2) is 53.9 Å². The van der Waals surface area contributed by atoms with Crippen LogP contribution in [0.25, 0.3) is 10.4 Å². The number of thiophene rings is 1. The molecule has 0 saturated carbocycles. The number of ether oxygens (including phenoxy) is 2. The van der Waals surface area contributed by atoms with Crippen molar-refractivity contribution in [1.29, 1.82) is 0 Å². The molecule has 0 spiro atoms. The molecule has 1 heterocycles. The second kappa shape index (κ2) is 8.20. The fourth-order valence-corrected chi connectivity index (χ4v) is 3.62. The molecule has 3 rings (SSSR count). The molecule has 2 aromatic carbocycles. The molecule has 3 aromatic rings. The Hall–Kier alpha value is -2.90. The van der Waals surface area contributed by atoms with Gasteiger partial charge < -0.3 is 14.6 Å². The molecule has 1 aromatic heterocycles. The van der Waals surface area contributed by atoms with Crippen molar-refractivity contribution in [2.45, 2.75) is 12.5 Å². The van der Waals surface area contributed by atoms with Crippen molar-refractivity contribution in [2.75, 3.05) is 14.2 Å². The molecule has 1 atom stereocenters. The third-order valence-corrected chi connectivity index (χ3v) is 5.21. The molecule has 0 saturated heterocycles. The molecule has 1 unspecified atom stereocenters. The summed E-state index contributed by atoms with van der Waals surface area (Å²) in [5.74, 6) is 0.668. The van der Waals surface area contributed by atoms with E-state index in [1.54, 1.807) is 17.4 Å². The smallest absolute Gasteiger partial charge is 0.276 e. The molecular weight excluding hydrogens is 366 g/mol. The average Bonchev–Trinajstić information content (AvgIpc) is 3.22. The zero-order valence-corrected chi connectivity index (χ0v) is 15.7. The van der Waals surface area contributed by atoms with E-state index >= 15 is 0 Å². The van der Waals surface area contributed by atoms with E-state index in [0.717, 1.165) is 10.4 Å². The van der Waals surface area contributed by atoms with Crippen LogP contribution in [0.5, 0.6) is 11.5 Å². The fraction of sp³-hybridized carbons (Fsp3) is 0.200. The van der Waals surface area contributed by atoms with Crippen molar-refractivity contribution in [2.24, 2.45) is 0 Å². The first-order chi connectivity index (χ1) is 13.0. The van der Waals surface area contributed by atoms with Gasteiger partial charge in [0.25, 0.3) is 5.69 Å². The van der Waals surface area contributed by atoms with Crippen molar-refractivity contribution in [3.05, 3.63) is 75.2 Å². The van der Waals surface area contributed by atoms with E-state index in [1.807, 2.05) is 41.8 Å². The first-order valence-electron chi connectivity index (χ1n) is 8.24. The van der Waals surface area contributed by atoms with Crippen LogP contribution in [0, 0.1) is 10.1 Å². The summed E-state index contributed by atoms with van der Waals surface area (Å²) in [7, 11) is 2.89. The van der Waals surface area contributed by atoms with Crippen LogP contribution in [0.1, 0.15) is 17.2 Å². The largest absolute Gasteiger partial charge is 0.493 e. The van der Waals surface area contributed by atoms with Gasteiger partial charge in [0.05, 0.1) is 31.3 Å². The van der Waals surface area contributed by atoms with Gasteiger partial charge in [-0.1, -0.05) is 30.3 Å². The molecule has 0 amide bonds. The van der Waals surface area contributed by atoms with Gasteiger partial charge in [0, 0.05) is 16.9 Å². The second-order valence-corrected chi connectivity index (χ2v) is 6.86. The van der Waals surface area contributed by atoms with Crippen LogP contribution in [-0.4, -0.2) is 24.2 Å². The molecule has 1 N–H and O–H groups in total. The molecule has 6 nitrogen and oxygen atoms in total. The third-order valence-electron chi connectivity index (χ3n) is 4.30. The molecule has 0 aliphatic carbocycles. The third kappa shape index (κ3) is 4.10. The summed E-state index contributed by atoms with van der Waals surface area (Å²) in [4.78, 5) is 12.1. The number of hydrogen-bond acceptors (Lipinski definition) is 6. The summed E-state index contributed by atoms with van der Waals surface area (Å²) in [6.07, 6.45) is -0.783. The highest BCUT2D eigenvalue weighted by atomic mass is 32.1. The zero-order valence-electron chi connectivity index (χ0n) is 14.9. The molecule has 0 radical (unpaired) electrons. The van der Waals surface area contributed by atoms with Gasteiger partial charge in [0.1, 0.15) is 0 Å². The zero-order chi connectivity index (χ0) is 19.4. The Bertz CT molecular complexity index is 922. The predicted octanol–water partition coefficient (Wildman–Crippen LogP) is 4.62. The highest BCUT2D eigenvalue weighted by Gasteiger charge is 2.22. The number of nitro benzene ring substituents is 1. The van der Waals surface area contributed by atoms with E-state index < -0.39 is 11.0 Å². The van der Waals surface area contributed by atoms with E-state index in [-0.39, 0.29) is 17.9 Å². The Morgan fingerprint density at radius 2 is 1.78 bits per heavy atom. The van der Waals surface area contributed by atoms with Crippen LogP contribution < -0.4 is 9.47 Å². The van der Waals surface area contributed by atoms with E-state index in [1.165, 1.54) is 20.3 Å². The number of nitro groups is 1. The lowest BCUT2D eigenvalue weighted by molar-refractivity contribution is -0.385. The van der Waals surface area contributed by atoms with E-state index in [4.69, 9.17) is 9.47 Å². The monoisotopic (exact) mass is 385 g/mol. The van der Waals surface area contributed by atoms with Gasteiger partial charge in [-0.25, -0.2) is 0 Å². The molecule has 0 fully saturated rings. The Morgan fingerprint density at radius 3 is 2.33 bits per heavy atom. The van der Waals surface area contributed by atoms with Gasteiger partial charge in [-0.05, 0) is 28.6 Å². The molecular formula is C20H19NO5S. The van der Waals surface area contributed by atoms with Crippen LogP contribution >= 0.6 is 11.3 Å². The fourth-order valence-electron chi connectivity index (χ4n) is 2.88. The summed E-state index contributed by atoms with van der Waals surface area (Å²) in [6.45, 7) is 0. The first-order valence-corrected chi connectivity index (χ1v) is 9.12. The minimum Gasteiger partial charge on any atom is -0.493 e. The summed E-state index contributed by atoms with van der Waals surface area (Å²) >= 11 is 1.64. The van der Waals surface area contributed by atoms with Gasteiger partial charge in [0.2, 0.25) is 0 Å². The minimum atomic E-state index is -0.876. The van der Waals surface area contributed by atoms with Gasteiger partial charge >= 0.3 is 0 Å². The Labute approximate surface area is 160 Å². The summed E-state index contributed by atoms with van der Waals surface area (Å²) in [5, 5.41) is 24.0. The van der Waals surface area contributed by atoms with Crippen LogP contribution in [-0.2, 0) is 6.42 Å². The van der Waals surface area contributed by atoms with Crippen molar-refractivity contribution in [3.8, 4) is 21.9 Å². The van der Waals surface area contributed by atoms with Crippen LogP contribution in [0.2, 0.25) is 0 Å². The molecule has 27 heavy (non-hydrogen) atoms. The van der Waals surface area contributed by atoms with Gasteiger partial charge in [-0.3, -0.25) is 10.1 Å². The number of rotatable bonds is 7. The standard InChI is InChI=1S/C20H19NO5S/c1-25-18-11-15(16(21(23)24)12-19(18)26-2)10-17(22)13-5-7-14(8-6-13)20-4-3-9-27-20/h3-9,11-12,17,22H,10H2,1-2H3. The van der Waals surface area contributed by atoms with E-state index in [9.17, 15) is 15.2 Å². The quantitative estimate of drug-likeness (QED) is 0.474. The lowest BCUT2D eigenvalue weighted by atomic mass is 9.98. The Balaban J connectivity index is 1.86. The van der Waals surface area contributed by atoms with E-state index in [2.05, 4.69) is 0 Å². The maximum absolute atomic E-state index is 11.4. The Kier molecular flexibility index (Phi) is 5.73. The van der Waals surface area contributed by atoms with E-state index in [0.29, 0.717) is 16.9 Å². The number of nitrogens with zero attached hydrogens (tertiary/aromatic N) is 1. The summed E-state index contributed by atoms with van der Waals surface area (Å²) in [5.41, 5.74) is 2.03. The molecule has 140 valence electrons. The van der Waals surface area contributed by atoms with Crippen molar-refractivity contribution < 1.29 is 19.5 Å². The number of benzene rings is 2. The van der Waals surface area contributed by atoms with Gasteiger partial charge in [0.15, 0.2) is 11.5 Å². The topological polar surface area (TPSA) is 81.8 Å². The van der Waals surface area contributed by atoms with Gasteiger partial charge in [-0.15, -0.1) is 11.3 Å². The maximum atomic E-state index is 11.4. The number of hydrogen-bond donors (Lipinski definition) is 1.